The molecule has 1 aromatic rings. The molecule has 27 heavy (non-hydrogen) atoms. The summed E-state index contributed by atoms with van der Waals surface area (Å²) >= 11 is 1.32. The van der Waals surface area contributed by atoms with Crippen molar-refractivity contribution in [1.29, 1.82) is 5.26 Å². The first-order chi connectivity index (χ1) is 13.0. The molecule has 8 heteroatoms. The molecule has 1 amide bonds. The second-order valence-electron chi connectivity index (χ2n) is 5.59. The molecule has 0 saturated carbocycles. The van der Waals surface area contributed by atoms with E-state index in [0.29, 0.717) is 35.4 Å². The minimum absolute atomic E-state index is 0.301. The van der Waals surface area contributed by atoms with Crippen LogP contribution in [-0.4, -0.2) is 32.0 Å². The summed E-state index contributed by atoms with van der Waals surface area (Å²) in [7, 11) is 1.26. The lowest BCUT2D eigenvalue weighted by Gasteiger charge is -2.21. The number of allylic oxidation sites excluding steroid dienone is 3. The number of aliphatic imine (C=N–C) groups is 1. The van der Waals surface area contributed by atoms with Gasteiger partial charge in [-0.15, -0.1) is 11.3 Å². The smallest absolute Gasteiger partial charge is 0.438 e. The van der Waals surface area contributed by atoms with Gasteiger partial charge in [0.05, 0.1) is 12.7 Å². The molecular weight excluding hydrogens is 366 g/mol. The van der Waals surface area contributed by atoms with Crippen LogP contribution < -0.4 is 5.32 Å². The Hall–Kier alpha value is -3.18. The van der Waals surface area contributed by atoms with Crippen molar-refractivity contribution in [3.8, 4) is 6.07 Å². The maximum Gasteiger partial charge on any atom is 0.508 e. The van der Waals surface area contributed by atoms with Gasteiger partial charge in [0, 0.05) is 23.6 Å². The number of thiophene rings is 1. The van der Waals surface area contributed by atoms with Crippen molar-refractivity contribution in [2.45, 2.75) is 25.4 Å². The minimum atomic E-state index is -0.723. The lowest BCUT2D eigenvalue weighted by atomic mass is 9.94. The third-order valence-corrected chi connectivity index (χ3v) is 5.07. The number of carbonyl (C=O) groups excluding carboxylic acids is 2. The SMILES string of the molecule is C=CC(/C=C/C(=O)Nc1sc2c(c1C#N)CCC(OC(=O)OC)C2)=C\N=C. The van der Waals surface area contributed by atoms with Gasteiger partial charge in [0.15, 0.2) is 0 Å². The van der Waals surface area contributed by atoms with Crippen molar-refractivity contribution in [3.63, 3.8) is 0 Å². The molecule has 1 aliphatic rings. The molecule has 2 rings (SSSR count). The number of nitriles is 1. The number of amides is 1. The van der Waals surface area contributed by atoms with E-state index >= 15 is 0 Å². The highest BCUT2D eigenvalue weighted by molar-refractivity contribution is 7.16. The highest BCUT2D eigenvalue weighted by atomic mass is 32.1. The molecule has 1 aromatic heterocycles. The molecule has 0 bridgehead atoms. The Labute approximate surface area is 161 Å². The van der Waals surface area contributed by atoms with E-state index in [1.165, 1.54) is 30.7 Å². The van der Waals surface area contributed by atoms with Gasteiger partial charge in [-0.2, -0.15) is 5.26 Å². The summed E-state index contributed by atoms with van der Waals surface area (Å²) in [5.41, 5.74) is 1.99. The van der Waals surface area contributed by atoms with Crippen molar-refractivity contribution in [2.75, 3.05) is 12.4 Å². The number of fused-ring (bicyclic) bond motifs is 1. The first-order valence-electron chi connectivity index (χ1n) is 8.09. The van der Waals surface area contributed by atoms with Crippen LogP contribution in [0.2, 0.25) is 0 Å². The summed E-state index contributed by atoms with van der Waals surface area (Å²) in [5.74, 6) is -0.371. The van der Waals surface area contributed by atoms with Crippen LogP contribution in [0.1, 0.15) is 22.4 Å². The Bertz CT molecular complexity index is 861. The molecule has 140 valence electrons. The van der Waals surface area contributed by atoms with Crippen LogP contribution in [0.15, 0.2) is 41.6 Å². The molecule has 1 unspecified atom stereocenters. The number of methoxy groups -OCH3 is 1. The maximum absolute atomic E-state index is 12.2. The second kappa shape index (κ2) is 9.50. The first kappa shape index (κ1) is 20.1. The largest absolute Gasteiger partial charge is 0.508 e. The number of ether oxygens (including phenoxy) is 2. The van der Waals surface area contributed by atoms with E-state index in [9.17, 15) is 14.9 Å². The fraction of sp³-hybridized carbons (Fsp3) is 0.263. The molecule has 0 aromatic carbocycles. The quantitative estimate of drug-likeness (QED) is 0.349. The van der Waals surface area contributed by atoms with Gasteiger partial charge in [0.25, 0.3) is 0 Å². The van der Waals surface area contributed by atoms with Gasteiger partial charge in [-0.05, 0) is 36.8 Å². The van der Waals surface area contributed by atoms with E-state index in [1.54, 1.807) is 12.2 Å². The van der Waals surface area contributed by atoms with E-state index < -0.39 is 6.16 Å². The Morgan fingerprint density at radius 3 is 2.85 bits per heavy atom. The predicted molar refractivity (Wildman–Crippen MR) is 104 cm³/mol. The summed E-state index contributed by atoms with van der Waals surface area (Å²) in [6.45, 7) is 6.97. The van der Waals surface area contributed by atoms with Crippen LogP contribution >= 0.6 is 11.3 Å². The van der Waals surface area contributed by atoms with Crippen LogP contribution in [-0.2, 0) is 27.1 Å². The molecule has 0 aliphatic heterocycles. The van der Waals surface area contributed by atoms with E-state index in [1.807, 2.05) is 0 Å². The molecule has 7 nitrogen and oxygen atoms in total. The third kappa shape index (κ3) is 5.15. The highest BCUT2D eigenvalue weighted by Gasteiger charge is 2.28. The Balaban J connectivity index is 2.14. The zero-order valence-electron chi connectivity index (χ0n) is 14.9. The normalized spacial score (nSPS) is 16.1. The van der Waals surface area contributed by atoms with Crippen molar-refractivity contribution in [2.24, 2.45) is 4.99 Å². The number of anilines is 1. The minimum Gasteiger partial charge on any atom is -0.438 e. The summed E-state index contributed by atoms with van der Waals surface area (Å²) in [5, 5.41) is 12.7. The Morgan fingerprint density at radius 1 is 1.44 bits per heavy atom. The lowest BCUT2D eigenvalue weighted by molar-refractivity contribution is -0.111. The summed E-state index contributed by atoms with van der Waals surface area (Å²) in [6.07, 6.45) is 6.57. The number of nitrogens with one attached hydrogen (secondary N) is 1. The predicted octanol–water partition coefficient (Wildman–Crippen LogP) is 3.53. The zero-order valence-corrected chi connectivity index (χ0v) is 15.7. The van der Waals surface area contributed by atoms with Gasteiger partial charge in [0.2, 0.25) is 5.91 Å². The topological polar surface area (TPSA) is 101 Å². The molecule has 1 aliphatic carbocycles. The monoisotopic (exact) mass is 385 g/mol. The van der Waals surface area contributed by atoms with Crippen LogP contribution in [0.5, 0.6) is 0 Å². The molecule has 0 spiro atoms. The van der Waals surface area contributed by atoms with Crippen molar-refractivity contribution >= 4 is 35.1 Å². The van der Waals surface area contributed by atoms with Crippen molar-refractivity contribution in [1.82, 2.24) is 0 Å². The van der Waals surface area contributed by atoms with Crippen LogP contribution in [0, 0.1) is 11.3 Å². The lowest BCUT2D eigenvalue weighted by Crippen LogP contribution is -2.24. The first-order valence-corrected chi connectivity index (χ1v) is 8.90. The number of rotatable bonds is 6. The number of carbonyl (C=O) groups is 2. The van der Waals surface area contributed by atoms with Gasteiger partial charge < -0.3 is 14.8 Å². The van der Waals surface area contributed by atoms with Crippen LogP contribution in [0.3, 0.4) is 0 Å². The highest BCUT2D eigenvalue weighted by Crippen LogP contribution is 2.38. The summed E-state index contributed by atoms with van der Waals surface area (Å²) in [6, 6.07) is 2.16. The molecule has 0 radical (unpaired) electrons. The van der Waals surface area contributed by atoms with Gasteiger partial charge in [-0.25, -0.2) is 4.79 Å². The molecule has 1 atom stereocenters. The van der Waals surface area contributed by atoms with Crippen molar-refractivity contribution in [3.05, 3.63) is 52.6 Å². The average Bonchev–Trinajstić information content (AvgIpc) is 3.00. The van der Waals surface area contributed by atoms with Gasteiger partial charge in [-0.3, -0.25) is 9.79 Å². The Morgan fingerprint density at radius 2 is 2.22 bits per heavy atom. The fourth-order valence-corrected chi connectivity index (χ4v) is 3.91. The average molecular weight is 385 g/mol. The molecular formula is C19H19N3O4S. The van der Waals surface area contributed by atoms with Crippen molar-refractivity contribution < 1.29 is 19.1 Å². The molecule has 1 heterocycles. The van der Waals surface area contributed by atoms with E-state index in [0.717, 1.165) is 10.4 Å². The molecule has 1 N–H and O–H groups in total. The zero-order chi connectivity index (χ0) is 19.8. The van der Waals surface area contributed by atoms with E-state index in [2.05, 4.69) is 34.4 Å². The van der Waals surface area contributed by atoms with Gasteiger partial charge in [-0.1, -0.05) is 12.7 Å². The maximum atomic E-state index is 12.2. The van der Waals surface area contributed by atoms with E-state index in [4.69, 9.17) is 4.74 Å². The number of nitrogens with zero attached hydrogens (tertiary/aromatic N) is 2. The Kier molecular flexibility index (Phi) is 7.08. The van der Waals surface area contributed by atoms with Crippen LogP contribution in [0.4, 0.5) is 9.80 Å². The summed E-state index contributed by atoms with van der Waals surface area (Å²) in [4.78, 5) is 28.0. The van der Waals surface area contributed by atoms with Gasteiger partial charge in [0.1, 0.15) is 17.2 Å². The third-order valence-electron chi connectivity index (χ3n) is 3.90. The standard InChI is InChI=1S/C19H19N3O4S/c1-4-12(11-21-2)5-8-17(23)22-18-15(10-20)14-7-6-13(9-16(14)27-18)26-19(24)25-3/h4-5,8,11,13H,1-2,6-7,9H2,3H3,(H,22,23)/b8-5+,12-11+. The van der Waals surface area contributed by atoms with Crippen LogP contribution in [0.25, 0.3) is 0 Å². The van der Waals surface area contributed by atoms with E-state index in [-0.39, 0.29) is 12.0 Å². The molecule has 0 fully saturated rings. The second-order valence-corrected chi connectivity index (χ2v) is 6.70. The fourth-order valence-electron chi connectivity index (χ4n) is 2.64. The summed E-state index contributed by atoms with van der Waals surface area (Å²) < 4.78 is 9.72. The molecule has 0 saturated heterocycles. The number of hydrogen-bond donors (Lipinski definition) is 1. The number of hydrogen-bond acceptors (Lipinski definition) is 7. The van der Waals surface area contributed by atoms with Gasteiger partial charge >= 0.3 is 6.16 Å².